The van der Waals surface area contributed by atoms with Gasteiger partial charge in [0.1, 0.15) is 11.6 Å². The number of nitrogens with zero attached hydrogens (tertiary/aromatic N) is 2. The molecule has 0 amide bonds. The molecular formula is C14H22N4O3. The Morgan fingerprint density at radius 3 is 2.57 bits per heavy atom. The standard InChI is InChI=1S/C14H22N4O3/c1-2-15-12-8-11(18(20)21)9-13(16-12)17-14(10-19)6-4-3-5-7-14/h8-9,19H,2-7,10H2,1H3,(H2,15,16,17). The number of pyridine rings is 1. The summed E-state index contributed by atoms with van der Waals surface area (Å²) in [6.45, 7) is 2.55. The van der Waals surface area contributed by atoms with Crippen molar-refractivity contribution >= 4 is 17.3 Å². The van der Waals surface area contributed by atoms with Crippen LogP contribution in [0.1, 0.15) is 39.0 Å². The lowest BCUT2D eigenvalue weighted by Gasteiger charge is -2.37. The van der Waals surface area contributed by atoms with Gasteiger partial charge in [0.2, 0.25) is 0 Å². The van der Waals surface area contributed by atoms with E-state index in [0.29, 0.717) is 18.2 Å². The second kappa shape index (κ2) is 6.71. The van der Waals surface area contributed by atoms with Crippen molar-refractivity contribution in [3.05, 3.63) is 22.2 Å². The monoisotopic (exact) mass is 294 g/mol. The highest BCUT2D eigenvalue weighted by molar-refractivity contribution is 5.55. The Hall–Kier alpha value is -1.89. The topological polar surface area (TPSA) is 100 Å². The lowest BCUT2D eigenvalue weighted by Crippen LogP contribution is -2.44. The fourth-order valence-electron chi connectivity index (χ4n) is 2.78. The Morgan fingerprint density at radius 2 is 2.00 bits per heavy atom. The van der Waals surface area contributed by atoms with E-state index in [2.05, 4.69) is 15.6 Å². The summed E-state index contributed by atoms with van der Waals surface area (Å²) in [4.78, 5) is 14.9. The highest BCUT2D eigenvalue weighted by Gasteiger charge is 2.32. The molecule has 7 nitrogen and oxygen atoms in total. The number of hydrogen-bond donors (Lipinski definition) is 3. The molecule has 1 aliphatic carbocycles. The quantitative estimate of drug-likeness (QED) is 0.550. The summed E-state index contributed by atoms with van der Waals surface area (Å²) in [5.41, 5.74) is -0.420. The number of nitrogens with one attached hydrogen (secondary N) is 2. The predicted molar refractivity (Wildman–Crippen MR) is 81.6 cm³/mol. The van der Waals surface area contributed by atoms with Crippen molar-refractivity contribution in [3.63, 3.8) is 0 Å². The number of aliphatic hydroxyl groups is 1. The molecule has 0 aromatic carbocycles. The van der Waals surface area contributed by atoms with Gasteiger partial charge in [0.15, 0.2) is 0 Å². The van der Waals surface area contributed by atoms with E-state index in [1.54, 1.807) is 0 Å². The van der Waals surface area contributed by atoms with Crippen molar-refractivity contribution in [1.29, 1.82) is 0 Å². The zero-order valence-electron chi connectivity index (χ0n) is 12.3. The van der Waals surface area contributed by atoms with E-state index in [9.17, 15) is 15.2 Å². The lowest BCUT2D eigenvalue weighted by atomic mass is 9.82. The smallest absolute Gasteiger partial charge is 0.276 e. The third-order valence-electron chi connectivity index (χ3n) is 3.89. The Bertz CT molecular complexity index is 501. The van der Waals surface area contributed by atoms with Gasteiger partial charge in [-0.25, -0.2) is 4.98 Å². The Morgan fingerprint density at radius 1 is 1.33 bits per heavy atom. The maximum absolute atomic E-state index is 11.0. The average molecular weight is 294 g/mol. The van der Waals surface area contributed by atoms with Crippen LogP contribution in [0.3, 0.4) is 0 Å². The molecule has 1 aromatic rings. The molecule has 1 saturated carbocycles. The van der Waals surface area contributed by atoms with Crippen LogP contribution in [-0.2, 0) is 0 Å². The van der Waals surface area contributed by atoms with Gasteiger partial charge in [0.05, 0.1) is 29.2 Å². The second-order valence-electron chi connectivity index (χ2n) is 5.51. The fraction of sp³-hybridized carbons (Fsp3) is 0.643. The first kappa shape index (κ1) is 15.5. The molecule has 0 spiro atoms. The molecule has 21 heavy (non-hydrogen) atoms. The van der Waals surface area contributed by atoms with Gasteiger partial charge in [-0.1, -0.05) is 19.3 Å². The Balaban J connectivity index is 2.26. The van der Waals surface area contributed by atoms with Crippen molar-refractivity contribution in [2.24, 2.45) is 0 Å². The molecule has 2 rings (SSSR count). The van der Waals surface area contributed by atoms with E-state index in [-0.39, 0.29) is 12.3 Å². The van der Waals surface area contributed by atoms with Crippen LogP contribution in [0.25, 0.3) is 0 Å². The molecule has 116 valence electrons. The van der Waals surface area contributed by atoms with Gasteiger partial charge in [-0.3, -0.25) is 10.1 Å². The van der Waals surface area contributed by atoms with Crippen LogP contribution in [0.15, 0.2) is 12.1 Å². The van der Waals surface area contributed by atoms with E-state index >= 15 is 0 Å². The molecule has 1 heterocycles. The molecule has 0 aliphatic heterocycles. The summed E-state index contributed by atoms with van der Waals surface area (Å²) >= 11 is 0. The highest BCUT2D eigenvalue weighted by Crippen LogP contribution is 2.32. The Labute approximate surface area is 123 Å². The molecule has 1 aliphatic rings. The number of anilines is 2. The van der Waals surface area contributed by atoms with Gasteiger partial charge >= 0.3 is 0 Å². The van der Waals surface area contributed by atoms with Crippen LogP contribution in [0.2, 0.25) is 0 Å². The molecule has 7 heteroatoms. The van der Waals surface area contributed by atoms with Crippen LogP contribution in [0, 0.1) is 10.1 Å². The van der Waals surface area contributed by atoms with Gasteiger partial charge in [0.25, 0.3) is 5.69 Å². The molecule has 0 bridgehead atoms. The van der Waals surface area contributed by atoms with Crippen LogP contribution in [0.4, 0.5) is 17.3 Å². The minimum atomic E-state index is -0.430. The maximum atomic E-state index is 11.0. The van der Waals surface area contributed by atoms with Crippen molar-refractivity contribution in [2.75, 3.05) is 23.8 Å². The summed E-state index contributed by atoms with van der Waals surface area (Å²) in [7, 11) is 0. The normalized spacial score (nSPS) is 17.2. The van der Waals surface area contributed by atoms with Gasteiger partial charge < -0.3 is 15.7 Å². The van der Waals surface area contributed by atoms with Gasteiger partial charge in [-0.15, -0.1) is 0 Å². The second-order valence-corrected chi connectivity index (χ2v) is 5.51. The summed E-state index contributed by atoms with van der Waals surface area (Å²) in [5, 5.41) is 27.0. The first-order valence-corrected chi connectivity index (χ1v) is 7.38. The molecule has 3 N–H and O–H groups in total. The third kappa shape index (κ3) is 3.81. The van der Waals surface area contributed by atoms with Crippen LogP contribution in [-0.4, -0.2) is 33.7 Å². The SMILES string of the molecule is CCNc1cc([N+](=O)[O-])cc(NC2(CO)CCCCC2)n1. The van der Waals surface area contributed by atoms with E-state index < -0.39 is 10.5 Å². The first-order chi connectivity index (χ1) is 10.1. The van der Waals surface area contributed by atoms with Gasteiger partial charge in [-0.2, -0.15) is 0 Å². The number of aromatic nitrogens is 1. The number of aliphatic hydroxyl groups excluding tert-OH is 1. The summed E-state index contributed by atoms with van der Waals surface area (Å²) in [6, 6.07) is 2.84. The Kier molecular flexibility index (Phi) is 4.95. The zero-order chi connectivity index (χ0) is 15.3. The zero-order valence-corrected chi connectivity index (χ0v) is 12.3. The van der Waals surface area contributed by atoms with E-state index in [1.807, 2.05) is 6.92 Å². The highest BCUT2D eigenvalue weighted by atomic mass is 16.6. The largest absolute Gasteiger partial charge is 0.394 e. The van der Waals surface area contributed by atoms with Crippen LogP contribution >= 0.6 is 0 Å². The number of rotatable bonds is 6. The first-order valence-electron chi connectivity index (χ1n) is 7.38. The minimum absolute atomic E-state index is 0.00708. The number of hydrogen-bond acceptors (Lipinski definition) is 6. The van der Waals surface area contributed by atoms with Crippen molar-refractivity contribution in [2.45, 2.75) is 44.6 Å². The van der Waals surface area contributed by atoms with Gasteiger partial charge in [-0.05, 0) is 19.8 Å². The van der Waals surface area contributed by atoms with E-state index in [1.165, 1.54) is 12.1 Å². The summed E-state index contributed by atoms with van der Waals surface area (Å²) in [5.74, 6) is 0.911. The van der Waals surface area contributed by atoms with E-state index in [0.717, 1.165) is 32.1 Å². The molecule has 1 fully saturated rings. The molecule has 0 atom stereocenters. The summed E-state index contributed by atoms with van der Waals surface area (Å²) < 4.78 is 0. The average Bonchev–Trinajstić information content (AvgIpc) is 2.48. The fourth-order valence-corrected chi connectivity index (χ4v) is 2.78. The van der Waals surface area contributed by atoms with Crippen molar-refractivity contribution < 1.29 is 10.0 Å². The predicted octanol–water partition coefficient (Wildman–Crippen LogP) is 2.53. The van der Waals surface area contributed by atoms with Crippen molar-refractivity contribution in [3.8, 4) is 0 Å². The number of nitro groups is 1. The molecule has 0 unspecified atom stereocenters. The minimum Gasteiger partial charge on any atom is -0.394 e. The van der Waals surface area contributed by atoms with Gasteiger partial charge in [0, 0.05) is 6.54 Å². The van der Waals surface area contributed by atoms with Crippen LogP contribution in [0.5, 0.6) is 0 Å². The lowest BCUT2D eigenvalue weighted by molar-refractivity contribution is -0.384. The molecule has 0 radical (unpaired) electrons. The summed E-state index contributed by atoms with van der Waals surface area (Å²) in [6.07, 6.45) is 4.95. The molecule has 1 aromatic heterocycles. The maximum Gasteiger partial charge on any atom is 0.276 e. The molecular weight excluding hydrogens is 272 g/mol. The molecule has 0 saturated heterocycles. The van der Waals surface area contributed by atoms with Crippen LogP contribution < -0.4 is 10.6 Å². The van der Waals surface area contributed by atoms with E-state index in [4.69, 9.17) is 0 Å². The third-order valence-corrected chi connectivity index (χ3v) is 3.89. The van der Waals surface area contributed by atoms with Crippen molar-refractivity contribution in [1.82, 2.24) is 4.98 Å².